The highest BCUT2D eigenvalue weighted by atomic mass is 79.9. The van der Waals surface area contributed by atoms with Crippen LogP contribution in [-0.2, 0) is 6.54 Å². The van der Waals surface area contributed by atoms with Crippen LogP contribution in [-0.4, -0.2) is 19.4 Å². The quantitative estimate of drug-likeness (QED) is 0.592. The Bertz CT molecular complexity index is 533. The van der Waals surface area contributed by atoms with Crippen molar-refractivity contribution in [2.75, 3.05) is 19.4 Å². The van der Waals surface area contributed by atoms with Crippen molar-refractivity contribution >= 4 is 27.7 Å². The number of hydrogen-bond acceptors (Lipinski definition) is 3. The molecule has 2 aromatic rings. The molecule has 2 nitrogen and oxygen atoms in total. The summed E-state index contributed by atoms with van der Waals surface area (Å²) in [6.45, 7) is 1.56. The van der Waals surface area contributed by atoms with E-state index in [1.807, 2.05) is 19.2 Å². The van der Waals surface area contributed by atoms with Crippen molar-refractivity contribution < 1.29 is 4.74 Å². The Morgan fingerprint density at radius 1 is 1.15 bits per heavy atom. The van der Waals surface area contributed by atoms with Gasteiger partial charge in [-0.2, -0.15) is 0 Å². The first-order valence-electron chi connectivity index (χ1n) is 6.53. The van der Waals surface area contributed by atoms with Crippen molar-refractivity contribution in [3.63, 3.8) is 0 Å². The van der Waals surface area contributed by atoms with Crippen molar-refractivity contribution in [3.05, 3.63) is 58.6 Å². The van der Waals surface area contributed by atoms with Crippen LogP contribution in [0.2, 0.25) is 0 Å². The molecule has 4 heteroatoms. The maximum Gasteiger partial charge on any atom is 0.133 e. The number of hydrogen-bond donors (Lipinski definition) is 1. The van der Waals surface area contributed by atoms with E-state index in [2.05, 4.69) is 57.6 Å². The monoisotopic (exact) mass is 351 g/mol. The normalized spacial score (nSPS) is 10.5. The maximum absolute atomic E-state index is 5.80. The highest BCUT2D eigenvalue weighted by molar-refractivity contribution is 9.10. The molecule has 0 amide bonds. The molecule has 0 aromatic heterocycles. The lowest BCUT2D eigenvalue weighted by atomic mass is 10.2. The second kappa shape index (κ2) is 8.35. The number of ether oxygens (including phenoxy) is 1. The van der Waals surface area contributed by atoms with Crippen LogP contribution in [0.4, 0.5) is 0 Å². The van der Waals surface area contributed by atoms with E-state index in [-0.39, 0.29) is 0 Å². The standard InChI is InChI=1S/C16H18BrNOS/c1-18-12-13-7-8-16(15(17)11-13)19-9-10-20-14-5-3-2-4-6-14/h2-8,11,18H,9-10,12H2,1H3. The fourth-order valence-electron chi connectivity index (χ4n) is 1.80. The molecular weight excluding hydrogens is 334 g/mol. The molecule has 0 spiro atoms. The molecule has 0 bridgehead atoms. The van der Waals surface area contributed by atoms with Gasteiger partial charge in [-0.3, -0.25) is 0 Å². The van der Waals surface area contributed by atoms with Crippen molar-refractivity contribution in [1.82, 2.24) is 5.32 Å². The van der Waals surface area contributed by atoms with Crippen LogP contribution < -0.4 is 10.1 Å². The van der Waals surface area contributed by atoms with Gasteiger partial charge in [0.15, 0.2) is 0 Å². The first-order chi connectivity index (χ1) is 9.79. The maximum atomic E-state index is 5.80. The lowest BCUT2D eigenvalue weighted by Crippen LogP contribution is -2.05. The molecule has 2 aromatic carbocycles. The van der Waals surface area contributed by atoms with Gasteiger partial charge in [-0.15, -0.1) is 11.8 Å². The van der Waals surface area contributed by atoms with Gasteiger partial charge in [-0.1, -0.05) is 24.3 Å². The Morgan fingerprint density at radius 2 is 1.95 bits per heavy atom. The summed E-state index contributed by atoms with van der Waals surface area (Å²) >= 11 is 5.36. The summed E-state index contributed by atoms with van der Waals surface area (Å²) in [6, 6.07) is 16.6. The van der Waals surface area contributed by atoms with E-state index in [1.165, 1.54) is 10.5 Å². The molecule has 106 valence electrons. The molecule has 0 fully saturated rings. The average molecular weight is 352 g/mol. The summed E-state index contributed by atoms with van der Waals surface area (Å²) in [5.41, 5.74) is 1.24. The first-order valence-corrected chi connectivity index (χ1v) is 8.31. The van der Waals surface area contributed by atoms with Crippen LogP contribution in [0.3, 0.4) is 0 Å². The summed E-state index contributed by atoms with van der Waals surface area (Å²) in [4.78, 5) is 1.28. The minimum absolute atomic E-state index is 0.698. The Hall–Kier alpha value is -0.970. The zero-order valence-electron chi connectivity index (χ0n) is 11.4. The highest BCUT2D eigenvalue weighted by Crippen LogP contribution is 2.26. The molecule has 0 unspecified atom stereocenters. The smallest absolute Gasteiger partial charge is 0.133 e. The summed E-state index contributed by atoms with van der Waals surface area (Å²) in [7, 11) is 1.94. The summed E-state index contributed by atoms with van der Waals surface area (Å²) in [6.07, 6.45) is 0. The summed E-state index contributed by atoms with van der Waals surface area (Å²) in [5.74, 6) is 1.84. The van der Waals surface area contributed by atoms with Gasteiger partial charge in [0, 0.05) is 17.2 Å². The Labute approximate surface area is 133 Å². The Morgan fingerprint density at radius 3 is 2.65 bits per heavy atom. The number of benzene rings is 2. The highest BCUT2D eigenvalue weighted by Gasteiger charge is 2.02. The van der Waals surface area contributed by atoms with Gasteiger partial charge < -0.3 is 10.1 Å². The first kappa shape index (κ1) is 15.4. The molecule has 1 N–H and O–H groups in total. The molecule has 20 heavy (non-hydrogen) atoms. The number of rotatable bonds is 7. The Kier molecular flexibility index (Phi) is 6.43. The number of halogens is 1. The minimum atomic E-state index is 0.698. The molecule has 0 saturated carbocycles. The molecule has 0 aliphatic heterocycles. The van der Waals surface area contributed by atoms with E-state index in [1.54, 1.807) is 11.8 Å². The van der Waals surface area contributed by atoms with Crippen LogP contribution in [0.15, 0.2) is 57.9 Å². The molecule has 0 aliphatic rings. The second-order valence-electron chi connectivity index (χ2n) is 4.31. The zero-order valence-corrected chi connectivity index (χ0v) is 13.8. The molecule has 0 heterocycles. The minimum Gasteiger partial charge on any atom is -0.492 e. The third-order valence-corrected chi connectivity index (χ3v) is 4.33. The van der Waals surface area contributed by atoms with Crippen LogP contribution in [0, 0.1) is 0 Å². The third kappa shape index (κ3) is 4.85. The van der Waals surface area contributed by atoms with Crippen LogP contribution in [0.5, 0.6) is 5.75 Å². The molecular formula is C16H18BrNOS. The van der Waals surface area contributed by atoms with E-state index in [0.29, 0.717) is 6.61 Å². The second-order valence-corrected chi connectivity index (χ2v) is 6.33. The summed E-state index contributed by atoms with van der Waals surface area (Å²) in [5, 5.41) is 3.14. The van der Waals surface area contributed by atoms with Gasteiger partial charge in [0.1, 0.15) is 5.75 Å². The van der Waals surface area contributed by atoms with E-state index in [9.17, 15) is 0 Å². The number of thioether (sulfide) groups is 1. The lowest BCUT2D eigenvalue weighted by molar-refractivity contribution is 0.341. The van der Waals surface area contributed by atoms with Gasteiger partial charge >= 0.3 is 0 Å². The Balaban J connectivity index is 1.79. The molecule has 2 rings (SSSR count). The van der Waals surface area contributed by atoms with Crippen LogP contribution in [0.1, 0.15) is 5.56 Å². The summed E-state index contributed by atoms with van der Waals surface area (Å²) < 4.78 is 6.81. The van der Waals surface area contributed by atoms with Gasteiger partial charge in [0.25, 0.3) is 0 Å². The van der Waals surface area contributed by atoms with Crippen molar-refractivity contribution in [1.29, 1.82) is 0 Å². The zero-order chi connectivity index (χ0) is 14.2. The van der Waals surface area contributed by atoms with E-state index >= 15 is 0 Å². The molecule has 0 aliphatic carbocycles. The largest absolute Gasteiger partial charge is 0.492 e. The van der Waals surface area contributed by atoms with Crippen molar-refractivity contribution in [2.45, 2.75) is 11.4 Å². The van der Waals surface area contributed by atoms with Crippen LogP contribution in [0.25, 0.3) is 0 Å². The van der Waals surface area contributed by atoms with Gasteiger partial charge in [0.05, 0.1) is 11.1 Å². The van der Waals surface area contributed by atoms with Gasteiger partial charge in [0.2, 0.25) is 0 Å². The predicted molar refractivity (Wildman–Crippen MR) is 89.6 cm³/mol. The van der Waals surface area contributed by atoms with Crippen LogP contribution >= 0.6 is 27.7 Å². The van der Waals surface area contributed by atoms with E-state index < -0.39 is 0 Å². The SMILES string of the molecule is CNCc1ccc(OCCSc2ccccc2)c(Br)c1. The topological polar surface area (TPSA) is 21.3 Å². The van der Waals surface area contributed by atoms with E-state index in [4.69, 9.17) is 4.74 Å². The van der Waals surface area contributed by atoms with Gasteiger partial charge in [-0.05, 0) is 52.8 Å². The number of nitrogens with one attached hydrogen (secondary N) is 1. The van der Waals surface area contributed by atoms with E-state index in [0.717, 1.165) is 22.5 Å². The fraction of sp³-hybridized carbons (Fsp3) is 0.250. The average Bonchev–Trinajstić information content (AvgIpc) is 2.47. The van der Waals surface area contributed by atoms with Crippen molar-refractivity contribution in [2.24, 2.45) is 0 Å². The fourth-order valence-corrected chi connectivity index (χ4v) is 3.10. The molecule has 0 atom stereocenters. The molecule has 0 radical (unpaired) electrons. The predicted octanol–water partition coefficient (Wildman–Crippen LogP) is 4.34. The van der Waals surface area contributed by atoms with Gasteiger partial charge in [-0.25, -0.2) is 0 Å². The molecule has 0 saturated heterocycles. The van der Waals surface area contributed by atoms with Crippen molar-refractivity contribution in [3.8, 4) is 5.75 Å². The lowest BCUT2D eigenvalue weighted by Gasteiger charge is -2.09. The third-order valence-electron chi connectivity index (χ3n) is 2.73.